The number of para-hydroxylation sites is 2. The van der Waals surface area contributed by atoms with Crippen LogP contribution in [0.5, 0.6) is 11.5 Å². The summed E-state index contributed by atoms with van der Waals surface area (Å²) < 4.78 is 59.2. The monoisotopic (exact) mass is 1110 g/mol. The van der Waals surface area contributed by atoms with Crippen molar-refractivity contribution in [1.29, 1.82) is 0 Å². The standard InChI is InChI=1S/C80H76N4O/c1-76(2,3)53-35-38-81-73(44-53)84-70-32-20-19-29-62(70)63-34-33-58(46-71(63)84)85-57-26-21-25-56(45-57)82-49-83-74-59(52-39-54(77(4,5)6)43-55(40-52)78(7,8)9)30-22-31-64(74)66-48-69-68(79(10,11)36-37-80(69,12)13)47-65(66)60-27-17-18-28-61(60)67-41-51(42-72(82)75(67)83)50-23-15-14-16-24-50/h14-35,38-48H,36-37H2,1-13H3/i14D,15D,16D,23D,24D. The summed E-state index contributed by atoms with van der Waals surface area (Å²) in [5.41, 5.74) is 19.7. The number of aromatic nitrogens is 4. The lowest BCUT2D eigenvalue weighted by molar-refractivity contribution is -0.570. The lowest BCUT2D eigenvalue weighted by Crippen LogP contribution is -2.34. The van der Waals surface area contributed by atoms with Gasteiger partial charge in [-0.3, -0.25) is 13.7 Å². The summed E-state index contributed by atoms with van der Waals surface area (Å²) >= 11 is 0. The third kappa shape index (κ3) is 9.21. The van der Waals surface area contributed by atoms with Gasteiger partial charge in [-0.2, -0.15) is 0 Å². The van der Waals surface area contributed by atoms with Crippen molar-refractivity contribution >= 4 is 32.8 Å². The van der Waals surface area contributed by atoms with Crippen molar-refractivity contribution in [3.63, 3.8) is 0 Å². The van der Waals surface area contributed by atoms with Crippen LogP contribution in [0.2, 0.25) is 0 Å². The number of hydrogen-bond donors (Lipinski definition) is 0. The minimum Gasteiger partial charge on any atom is -0.458 e. The van der Waals surface area contributed by atoms with Crippen LogP contribution in [0.25, 0.3) is 106 Å². The SMILES string of the molecule is [2H]c1c([2H])c([2H])c(-c2cc3c4c(c2)n(-c2cccc(Oc5ccc6c7ccccc7n(-c7cc(C(C)(C)C)ccn7)c6c5)c2)[c-][n+]4-c2c(-c4cc(C(C)(C)C)cc(C(C)(C)C)c4)cccc2-c2cc4c(cc2-c2ccccc2-3)C(C)(C)CCC4(C)C)c([2H])c1[2H]. The van der Waals surface area contributed by atoms with Gasteiger partial charge in [-0.1, -0.05) is 217 Å². The average molecular weight is 1110 g/mol. The Bertz CT molecular complexity index is 4940. The highest BCUT2D eigenvalue weighted by Gasteiger charge is 2.39. The van der Waals surface area contributed by atoms with Gasteiger partial charge < -0.3 is 4.74 Å². The fourth-order valence-corrected chi connectivity index (χ4v) is 13.3. The third-order valence-electron chi connectivity index (χ3n) is 18.4. The predicted octanol–water partition coefficient (Wildman–Crippen LogP) is 20.9. The van der Waals surface area contributed by atoms with E-state index in [-0.39, 0.29) is 44.7 Å². The molecule has 1 aliphatic heterocycles. The van der Waals surface area contributed by atoms with Crippen LogP contribution >= 0.6 is 0 Å². The summed E-state index contributed by atoms with van der Waals surface area (Å²) in [4.78, 5) is 4.94. The first-order valence-electron chi connectivity index (χ1n) is 32.6. The van der Waals surface area contributed by atoms with Crippen LogP contribution in [0.4, 0.5) is 0 Å². The highest BCUT2D eigenvalue weighted by Crippen LogP contribution is 2.53. The van der Waals surface area contributed by atoms with Crippen LogP contribution in [-0.4, -0.2) is 14.1 Å². The van der Waals surface area contributed by atoms with Crippen LogP contribution < -0.4 is 9.30 Å². The zero-order valence-electron chi connectivity index (χ0n) is 56.3. The van der Waals surface area contributed by atoms with E-state index >= 15 is 0 Å². The normalized spacial score (nSPS) is 15.3. The molecule has 0 fully saturated rings. The van der Waals surface area contributed by atoms with Crippen molar-refractivity contribution in [2.75, 3.05) is 0 Å². The van der Waals surface area contributed by atoms with Crippen LogP contribution in [0.1, 0.15) is 138 Å². The summed E-state index contributed by atoms with van der Waals surface area (Å²) in [6.45, 7) is 29.9. The molecule has 0 atom stereocenters. The summed E-state index contributed by atoms with van der Waals surface area (Å²) in [6.07, 6.45) is 8.03. The van der Waals surface area contributed by atoms with E-state index in [2.05, 4.69) is 237 Å². The smallest absolute Gasteiger partial charge is 0.269 e. The van der Waals surface area contributed by atoms with Gasteiger partial charge in [0.05, 0.1) is 40.3 Å². The number of imidazole rings is 1. The molecule has 85 heavy (non-hydrogen) atoms. The van der Waals surface area contributed by atoms with E-state index in [9.17, 15) is 2.74 Å². The quantitative estimate of drug-likeness (QED) is 0.123. The van der Waals surface area contributed by atoms with Gasteiger partial charge in [0.15, 0.2) is 0 Å². The molecule has 4 heterocycles. The van der Waals surface area contributed by atoms with Crippen LogP contribution in [0, 0.1) is 6.33 Å². The first-order chi connectivity index (χ1) is 42.6. The van der Waals surface area contributed by atoms with E-state index in [4.69, 9.17) is 13.8 Å². The Hall–Kier alpha value is -8.80. The number of nitrogens with zero attached hydrogens (tertiary/aromatic N) is 4. The van der Waals surface area contributed by atoms with Gasteiger partial charge in [-0.25, -0.2) is 4.98 Å². The summed E-state index contributed by atoms with van der Waals surface area (Å²) in [7, 11) is 0. The molecule has 1 aliphatic carbocycles. The van der Waals surface area contributed by atoms with Crippen LogP contribution in [0.15, 0.2) is 200 Å². The van der Waals surface area contributed by atoms with Gasteiger partial charge in [0, 0.05) is 23.0 Å². The molecule has 14 rings (SSSR count). The van der Waals surface area contributed by atoms with E-state index in [1.54, 1.807) is 0 Å². The molecule has 422 valence electrons. The lowest BCUT2D eigenvalue weighted by Gasteiger charge is -2.42. The molecule has 3 aromatic heterocycles. The van der Waals surface area contributed by atoms with Gasteiger partial charge in [0.1, 0.15) is 17.3 Å². The third-order valence-corrected chi connectivity index (χ3v) is 18.4. The van der Waals surface area contributed by atoms with Crippen molar-refractivity contribution in [3.8, 4) is 84.3 Å². The number of rotatable bonds is 6. The molecule has 12 aromatic rings. The Balaban J connectivity index is 1.07. The van der Waals surface area contributed by atoms with E-state index in [1.165, 1.54) is 27.8 Å². The molecule has 0 radical (unpaired) electrons. The maximum absolute atomic E-state index is 9.50. The molecule has 0 amide bonds. The fourth-order valence-electron chi connectivity index (χ4n) is 13.3. The van der Waals surface area contributed by atoms with Crippen molar-refractivity contribution in [2.45, 2.75) is 130 Å². The Labute approximate surface area is 509 Å². The highest BCUT2D eigenvalue weighted by atomic mass is 16.5. The van der Waals surface area contributed by atoms with E-state index in [0.717, 1.165) is 102 Å². The van der Waals surface area contributed by atoms with Crippen molar-refractivity contribution in [1.82, 2.24) is 14.1 Å². The average Bonchev–Trinajstić information content (AvgIpc) is 1.48. The van der Waals surface area contributed by atoms with E-state index < -0.39 is 18.1 Å². The van der Waals surface area contributed by atoms with Crippen molar-refractivity contribution in [3.05, 3.63) is 234 Å². The van der Waals surface area contributed by atoms with Gasteiger partial charge >= 0.3 is 0 Å². The molecule has 0 saturated carbocycles. The number of hydrogen-bond acceptors (Lipinski definition) is 2. The van der Waals surface area contributed by atoms with Gasteiger partial charge in [0.25, 0.3) is 6.33 Å². The van der Waals surface area contributed by atoms with Gasteiger partial charge in [-0.05, 0) is 184 Å². The topological polar surface area (TPSA) is 35.9 Å². The molecular formula is C80H76N4O. The minimum atomic E-state index is -0.440. The zero-order valence-corrected chi connectivity index (χ0v) is 51.3. The maximum atomic E-state index is 9.50. The molecule has 9 aromatic carbocycles. The minimum absolute atomic E-state index is 0.0829. The van der Waals surface area contributed by atoms with Gasteiger partial charge in [-0.15, -0.1) is 0 Å². The summed E-state index contributed by atoms with van der Waals surface area (Å²) in [5.74, 6) is 2.07. The van der Waals surface area contributed by atoms with Gasteiger partial charge in [0.2, 0.25) is 0 Å². The summed E-state index contributed by atoms with van der Waals surface area (Å²) in [5, 5.41) is 2.21. The van der Waals surface area contributed by atoms with Crippen molar-refractivity contribution < 1.29 is 16.2 Å². The first kappa shape index (κ1) is 48.6. The van der Waals surface area contributed by atoms with Crippen molar-refractivity contribution in [2.24, 2.45) is 0 Å². The largest absolute Gasteiger partial charge is 0.458 e. The molecule has 0 spiro atoms. The van der Waals surface area contributed by atoms with E-state index in [1.807, 2.05) is 42.6 Å². The van der Waals surface area contributed by atoms with Crippen LogP contribution in [-0.2, 0) is 27.1 Å². The Kier molecular flexibility index (Phi) is 11.1. The molecule has 0 unspecified atom stereocenters. The Morgan fingerprint density at radius 2 is 1.08 bits per heavy atom. The molecule has 2 aliphatic rings. The molecular weight excluding hydrogens is 1030 g/mol. The molecule has 5 heteroatoms. The highest BCUT2D eigenvalue weighted by molar-refractivity contribution is 6.10. The van der Waals surface area contributed by atoms with Crippen LogP contribution in [0.3, 0.4) is 0 Å². The number of ether oxygens (including phenoxy) is 1. The molecule has 5 nitrogen and oxygen atoms in total. The summed E-state index contributed by atoms with van der Waals surface area (Å²) in [6, 6.07) is 56.8. The molecule has 0 N–H and O–H groups in total. The van der Waals surface area contributed by atoms with E-state index in [0.29, 0.717) is 22.6 Å². The molecule has 0 bridgehead atoms. The zero-order chi connectivity index (χ0) is 63.5. The first-order valence-corrected chi connectivity index (χ1v) is 30.1. The number of pyridine rings is 1. The fraction of sp³-hybridized carbons (Fsp3) is 0.250. The lowest BCUT2D eigenvalue weighted by atomic mass is 9.62. The molecule has 0 saturated heterocycles. The maximum Gasteiger partial charge on any atom is 0.269 e. The Morgan fingerprint density at radius 3 is 1.78 bits per heavy atom. The Morgan fingerprint density at radius 1 is 0.482 bits per heavy atom. The number of benzene rings is 9. The predicted molar refractivity (Wildman–Crippen MR) is 354 cm³/mol. The second-order valence-corrected chi connectivity index (χ2v) is 28.2. The number of fused-ring (bicyclic) bond motifs is 11. The second-order valence-electron chi connectivity index (χ2n) is 28.2. The second kappa shape index (κ2) is 19.4.